The molecule has 0 spiro atoms. The van der Waals surface area contributed by atoms with E-state index in [2.05, 4.69) is 5.32 Å². The molecule has 1 amide bonds. The van der Waals surface area contributed by atoms with E-state index in [1.807, 2.05) is 30.3 Å². The van der Waals surface area contributed by atoms with Crippen molar-refractivity contribution in [3.05, 3.63) is 101 Å². The first kappa shape index (κ1) is 19.3. The van der Waals surface area contributed by atoms with Crippen molar-refractivity contribution in [2.75, 3.05) is 6.61 Å². The van der Waals surface area contributed by atoms with Crippen LogP contribution in [0.25, 0.3) is 0 Å². The number of ketones is 1. The van der Waals surface area contributed by atoms with Gasteiger partial charge in [0.2, 0.25) is 0 Å². The summed E-state index contributed by atoms with van der Waals surface area (Å²) < 4.78 is 18.8. The number of amides is 1. The molecule has 5 heteroatoms. The van der Waals surface area contributed by atoms with Crippen LogP contribution in [0, 0.1) is 5.82 Å². The predicted molar refractivity (Wildman–Crippen MR) is 105 cm³/mol. The standard InChI is InChI=1S/C23H20FNO3/c1-16(26)17-9-13-21(14-10-17)28-15-22(27)25-23(18-5-3-2-4-6-18)19-7-11-20(24)12-8-19/h2-14,23H,15H2,1H3,(H,25,27). The van der Waals surface area contributed by atoms with Crippen molar-refractivity contribution in [1.82, 2.24) is 5.32 Å². The maximum atomic E-state index is 13.3. The molecule has 1 N–H and O–H groups in total. The van der Waals surface area contributed by atoms with Crippen molar-refractivity contribution in [2.45, 2.75) is 13.0 Å². The molecule has 28 heavy (non-hydrogen) atoms. The fourth-order valence-electron chi connectivity index (χ4n) is 2.80. The summed E-state index contributed by atoms with van der Waals surface area (Å²) in [7, 11) is 0. The summed E-state index contributed by atoms with van der Waals surface area (Å²) in [6.45, 7) is 1.31. The van der Waals surface area contributed by atoms with Gasteiger partial charge in [0.25, 0.3) is 5.91 Å². The van der Waals surface area contributed by atoms with Crippen LogP contribution in [0.3, 0.4) is 0 Å². The maximum absolute atomic E-state index is 13.3. The van der Waals surface area contributed by atoms with Crippen LogP contribution in [-0.2, 0) is 4.79 Å². The van der Waals surface area contributed by atoms with E-state index in [9.17, 15) is 14.0 Å². The quantitative estimate of drug-likeness (QED) is 0.624. The molecule has 0 aliphatic rings. The Morgan fingerprint density at radius 1 is 0.893 bits per heavy atom. The van der Waals surface area contributed by atoms with Gasteiger partial charge in [-0.25, -0.2) is 4.39 Å². The summed E-state index contributed by atoms with van der Waals surface area (Å²) in [6, 6.07) is 21.7. The minimum absolute atomic E-state index is 0.0331. The monoisotopic (exact) mass is 377 g/mol. The normalized spacial score (nSPS) is 11.5. The molecule has 0 radical (unpaired) electrons. The van der Waals surface area contributed by atoms with E-state index in [4.69, 9.17) is 4.74 Å². The molecule has 3 rings (SSSR count). The van der Waals surface area contributed by atoms with Crippen molar-refractivity contribution >= 4 is 11.7 Å². The molecule has 0 bridgehead atoms. The lowest BCUT2D eigenvalue weighted by molar-refractivity contribution is -0.123. The molecular formula is C23H20FNO3. The van der Waals surface area contributed by atoms with Crippen LogP contribution in [0.2, 0.25) is 0 Å². The van der Waals surface area contributed by atoms with Gasteiger partial charge >= 0.3 is 0 Å². The molecule has 3 aromatic rings. The first-order valence-electron chi connectivity index (χ1n) is 8.86. The van der Waals surface area contributed by atoms with Crippen molar-refractivity contribution < 1.29 is 18.7 Å². The van der Waals surface area contributed by atoms with Gasteiger partial charge < -0.3 is 10.1 Å². The number of carbonyl (C=O) groups excluding carboxylic acids is 2. The van der Waals surface area contributed by atoms with E-state index < -0.39 is 6.04 Å². The van der Waals surface area contributed by atoms with Crippen LogP contribution < -0.4 is 10.1 Å². The second-order valence-corrected chi connectivity index (χ2v) is 6.33. The van der Waals surface area contributed by atoms with E-state index >= 15 is 0 Å². The highest BCUT2D eigenvalue weighted by Crippen LogP contribution is 2.22. The molecule has 0 aliphatic carbocycles. The minimum Gasteiger partial charge on any atom is -0.484 e. The zero-order chi connectivity index (χ0) is 19.9. The third-order valence-corrected chi connectivity index (χ3v) is 4.27. The Labute approximate surface area is 163 Å². The lowest BCUT2D eigenvalue weighted by Gasteiger charge is -2.20. The number of Topliss-reactive ketones (excluding diaryl/α,β-unsaturated/α-hetero) is 1. The smallest absolute Gasteiger partial charge is 0.258 e. The lowest BCUT2D eigenvalue weighted by Crippen LogP contribution is -2.33. The van der Waals surface area contributed by atoms with E-state index in [-0.39, 0.29) is 24.1 Å². The molecule has 0 aromatic heterocycles. The van der Waals surface area contributed by atoms with Crippen molar-refractivity contribution in [3.8, 4) is 5.75 Å². The van der Waals surface area contributed by atoms with Crippen molar-refractivity contribution in [2.24, 2.45) is 0 Å². The zero-order valence-electron chi connectivity index (χ0n) is 15.4. The summed E-state index contributed by atoms with van der Waals surface area (Å²) in [5, 5.41) is 2.93. The average Bonchev–Trinajstić information content (AvgIpc) is 2.72. The zero-order valence-corrected chi connectivity index (χ0v) is 15.4. The lowest BCUT2D eigenvalue weighted by atomic mass is 9.98. The SMILES string of the molecule is CC(=O)c1ccc(OCC(=O)NC(c2ccccc2)c2ccc(F)cc2)cc1. The third kappa shape index (κ3) is 5.04. The van der Waals surface area contributed by atoms with Crippen LogP contribution in [0.4, 0.5) is 4.39 Å². The third-order valence-electron chi connectivity index (χ3n) is 4.27. The summed E-state index contributed by atoms with van der Waals surface area (Å²) in [4.78, 5) is 23.8. The second kappa shape index (κ2) is 8.95. The number of hydrogen-bond acceptors (Lipinski definition) is 3. The fraction of sp³-hybridized carbons (Fsp3) is 0.130. The Morgan fingerprint density at radius 2 is 1.50 bits per heavy atom. The summed E-state index contributed by atoms with van der Waals surface area (Å²) >= 11 is 0. The molecule has 1 atom stereocenters. The van der Waals surface area contributed by atoms with Crippen LogP contribution in [-0.4, -0.2) is 18.3 Å². The van der Waals surface area contributed by atoms with Gasteiger partial charge in [0.05, 0.1) is 6.04 Å². The Kier molecular flexibility index (Phi) is 6.17. The van der Waals surface area contributed by atoms with Gasteiger partial charge in [-0.15, -0.1) is 0 Å². The molecule has 0 saturated heterocycles. The van der Waals surface area contributed by atoms with Gasteiger partial charge in [-0.2, -0.15) is 0 Å². The Hall–Kier alpha value is -3.47. The Bertz CT molecular complexity index is 938. The van der Waals surface area contributed by atoms with Crippen LogP contribution >= 0.6 is 0 Å². The highest BCUT2D eigenvalue weighted by atomic mass is 19.1. The summed E-state index contributed by atoms with van der Waals surface area (Å²) in [6.07, 6.45) is 0. The number of rotatable bonds is 7. The van der Waals surface area contributed by atoms with E-state index in [1.165, 1.54) is 19.1 Å². The van der Waals surface area contributed by atoms with Crippen molar-refractivity contribution in [3.63, 3.8) is 0 Å². The van der Waals surface area contributed by atoms with Gasteiger partial charge in [0.1, 0.15) is 11.6 Å². The van der Waals surface area contributed by atoms with Crippen molar-refractivity contribution in [1.29, 1.82) is 0 Å². The number of halogens is 1. The molecule has 0 aliphatic heterocycles. The van der Waals surface area contributed by atoms with Crippen LogP contribution in [0.5, 0.6) is 5.75 Å². The average molecular weight is 377 g/mol. The highest BCUT2D eigenvalue weighted by molar-refractivity contribution is 5.94. The molecular weight excluding hydrogens is 357 g/mol. The van der Waals surface area contributed by atoms with Gasteiger partial charge in [-0.1, -0.05) is 42.5 Å². The number of carbonyl (C=O) groups is 2. The molecule has 0 heterocycles. The molecule has 4 nitrogen and oxygen atoms in total. The molecule has 0 saturated carbocycles. The van der Waals surface area contributed by atoms with Crippen LogP contribution in [0.15, 0.2) is 78.9 Å². The number of hydrogen-bond donors (Lipinski definition) is 1. The molecule has 0 fully saturated rings. The molecule has 3 aromatic carbocycles. The summed E-state index contributed by atoms with van der Waals surface area (Å²) in [5.41, 5.74) is 2.23. The fourth-order valence-corrected chi connectivity index (χ4v) is 2.80. The van der Waals surface area contributed by atoms with E-state index in [0.29, 0.717) is 11.3 Å². The number of ether oxygens (including phenoxy) is 1. The van der Waals surface area contributed by atoms with Gasteiger partial charge in [0, 0.05) is 5.56 Å². The van der Waals surface area contributed by atoms with Gasteiger partial charge in [-0.05, 0) is 54.4 Å². The maximum Gasteiger partial charge on any atom is 0.258 e. The second-order valence-electron chi connectivity index (χ2n) is 6.33. The highest BCUT2D eigenvalue weighted by Gasteiger charge is 2.17. The Morgan fingerprint density at radius 3 is 2.11 bits per heavy atom. The number of nitrogens with one attached hydrogen (secondary N) is 1. The Balaban J connectivity index is 1.69. The minimum atomic E-state index is -0.419. The van der Waals surface area contributed by atoms with E-state index in [0.717, 1.165) is 11.1 Å². The molecule has 1 unspecified atom stereocenters. The van der Waals surface area contributed by atoms with E-state index in [1.54, 1.807) is 36.4 Å². The van der Waals surface area contributed by atoms with Gasteiger partial charge in [-0.3, -0.25) is 9.59 Å². The van der Waals surface area contributed by atoms with Crippen LogP contribution in [0.1, 0.15) is 34.5 Å². The predicted octanol–water partition coefficient (Wildman–Crippen LogP) is 4.31. The summed E-state index contributed by atoms with van der Waals surface area (Å²) in [5.74, 6) is -0.180. The van der Waals surface area contributed by atoms with Gasteiger partial charge in [0.15, 0.2) is 12.4 Å². The first-order chi connectivity index (χ1) is 13.5. The first-order valence-corrected chi connectivity index (χ1v) is 8.86. The number of benzene rings is 3. The largest absolute Gasteiger partial charge is 0.484 e. The topological polar surface area (TPSA) is 55.4 Å². The molecule has 142 valence electrons.